The molecule has 5 heteroatoms. The van der Waals surface area contributed by atoms with Crippen molar-refractivity contribution in [3.63, 3.8) is 0 Å². The molecule has 1 aromatic carbocycles. The number of nitrogens with two attached hydrogens (primary N) is 1. The number of likely N-dealkylation sites (N-methyl/N-ethyl adjacent to an activating group) is 1. The second-order valence-corrected chi connectivity index (χ2v) is 5.35. The van der Waals surface area contributed by atoms with Gasteiger partial charge < -0.3 is 19.9 Å². The molecule has 0 aliphatic carbocycles. The zero-order valence-corrected chi connectivity index (χ0v) is 13.2. The molecule has 0 aliphatic heterocycles. The lowest BCUT2D eigenvalue weighted by atomic mass is 10.1. The molecule has 1 atom stereocenters. The largest absolute Gasteiger partial charge is 0.495 e. The van der Waals surface area contributed by atoms with Crippen LogP contribution in [0, 0.1) is 0 Å². The topological polar surface area (TPSA) is 56.3 Å². The van der Waals surface area contributed by atoms with Crippen molar-refractivity contribution in [2.75, 3.05) is 25.6 Å². The van der Waals surface area contributed by atoms with Gasteiger partial charge in [0.25, 0.3) is 0 Å². The Morgan fingerprint density at radius 1 is 1.33 bits per heavy atom. The maximum absolute atomic E-state index is 6.04. The Morgan fingerprint density at radius 2 is 2.05 bits per heavy atom. The second-order valence-electron chi connectivity index (χ2n) is 5.35. The van der Waals surface area contributed by atoms with E-state index in [0.717, 1.165) is 17.1 Å². The van der Waals surface area contributed by atoms with Crippen LogP contribution in [0.15, 0.2) is 36.8 Å². The molecular weight excluding hydrogens is 264 g/mol. The van der Waals surface area contributed by atoms with Gasteiger partial charge in [-0.3, -0.25) is 0 Å². The molecule has 2 aromatic rings. The predicted molar refractivity (Wildman–Crippen MR) is 85.8 cm³/mol. The third kappa shape index (κ3) is 3.03. The highest BCUT2D eigenvalue weighted by molar-refractivity contribution is 5.59. The zero-order chi connectivity index (χ0) is 15.4. The summed E-state index contributed by atoms with van der Waals surface area (Å²) in [5.41, 5.74) is 8.17. The highest BCUT2D eigenvalue weighted by Gasteiger charge is 2.22. The minimum atomic E-state index is 0.0474. The summed E-state index contributed by atoms with van der Waals surface area (Å²) in [6, 6.07) is 8.36. The number of hydrogen-bond acceptors (Lipinski definition) is 4. The van der Waals surface area contributed by atoms with Crippen LogP contribution in [0.25, 0.3) is 0 Å². The number of hydrogen-bond donors (Lipinski definition) is 1. The van der Waals surface area contributed by atoms with Gasteiger partial charge in [0.05, 0.1) is 37.1 Å². The van der Waals surface area contributed by atoms with Gasteiger partial charge in [0.1, 0.15) is 5.75 Å². The van der Waals surface area contributed by atoms with Crippen LogP contribution in [0.3, 0.4) is 0 Å². The Morgan fingerprint density at radius 3 is 2.67 bits per heavy atom. The molecule has 0 saturated heterocycles. The maximum Gasteiger partial charge on any atom is 0.142 e. The molecule has 5 nitrogen and oxygen atoms in total. The predicted octanol–water partition coefficient (Wildman–Crippen LogP) is 2.61. The molecule has 114 valence electrons. The molecule has 21 heavy (non-hydrogen) atoms. The number of imidazole rings is 1. The van der Waals surface area contributed by atoms with E-state index in [-0.39, 0.29) is 6.04 Å². The first kappa shape index (κ1) is 15.4. The van der Waals surface area contributed by atoms with Crippen LogP contribution < -0.4 is 15.4 Å². The van der Waals surface area contributed by atoms with Crippen LogP contribution in [0.4, 0.5) is 5.69 Å². The summed E-state index contributed by atoms with van der Waals surface area (Å²) in [6.45, 7) is 4.79. The average Bonchev–Trinajstić information content (AvgIpc) is 2.97. The summed E-state index contributed by atoms with van der Waals surface area (Å²) in [5, 5.41) is 0. The normalized spacial score (nSPS) is 12.5. The van der Waals surface area contributed by atoms with Crippen LogP contribution in [0.2, 0.25) is 0 Å². The molecule has 1 heterocycles. The van der Waals surface area contributed by atoms with E-state index >= 15 is 0 Å². The quantitative estimate of drug-likeness (QED) is 0.887. The first-order chi connectivity index (χ1) is 10.1. The van der Waals surface area contributed by atoms with Crippen molar-refractivity contribution in [2.45, 2.75) is 25.9 Å². The van der Waals surface area contributed by atoms with Crippen LogP contribution in [0.1, 0.15) is 31.6 Å². The maximum atomic E-state index is 6.04. The molecule has 0 aliphatic rings. The van der Waals surface area contributed by atoms with Gasteiger partial charge in [-0.2, -0.15) is 0 Å². The van der Waals surface area contributed by atoms with Crippen LogP contribution in [0.5, 0.6) is 5.75 Å². The van der Waals surface area contributed by atoms with Crippen molar-refractivity contribution < 1.29 is 4.74 Å². The average molecular weight is 288 g/mol. The first-order valence-corrected chi connectivity index (χ1v) is 7.17. The molecule has 0 fully saturated rings. The monoisotopic (exact) mass is 288 g/mol. The lowest BCUT2D eigenvalue weighted by Gasteiger charge is -2.31. The van der Waals surface area contributed by atoms with Crippen molar-refractivity contribution >= 4 is 5.69 Å². The number of methoxy groups -OCH3 is 1. The molecule has 2 N–H and O–H groups in total. The summed E-state index contributed by atoms with van der Waals surface area (Å²) in [7, 11) is 3.72. The molecule has 0 bridgehead atoms. The fourth-order valence-electron chi connectivity index (χ4n) is 2.57. The summed E-state index contributed by atoms with van der Waals surface area (Å²) in [4.78, 5) is 6.43. The number of nitrogens with zero attached hydrogens (tertiary/aromatic N) is 3. The van der Waals surface area contributed by atoms with Gasteiger partial charge in [-0.15, -0.1) is 0 Å². The third-order valence-electron chi connectivity index (χ3n) is 3.75. The molecule has 0 saturated carbocycles. The van der Waals surface area contributed by atoms with Crippen molar-refractivity contribution in [3.8, 4) is 5.75 Å². The Balaban J connectivity index is 2.39. The van der Waals surface area contributed by atoms with E-state index in [9.17, 15) is 0 Å². The third-order valence-corrected chi connectivity index (χ3v) is 3.75. The highest BCUT2D eigenvalue weighted by atomic mass is 16.5. The van der Waals surface area contributed by atoms with Gasteiger partial charge in [0.15, 0.2) is 0 Å². The van der Waals surface area contributed by atoms with Crippen LogP contribution in [-0.4, -0.2) is 30.3 Å². The summed E-state index contributed by atoms with van der Waals surface area (Å²) in [6.07, 6.45) is 3.75. The fraction of sp³-hybridized carbons (Fsp3) is 0.438. The number of rotatable bonds is 6. The number of anilines is 1. The first-order valence-electron chi connectivity index (χ1n) is 7.17. The van der Waals surface area contributed by atoms with Crippen LogP contribution >= 0.6 is 0 Å². The van der Waals surface area contributed by atoms with Gasteiger partial charge in [-0.1, -0.05) is 12.1 Å². The smallest absolute Gasteiger partial charge is 0.142 e. The van der Waals surface area contributed by atoms with Gasteiger partial charge in [-0.05, 0) is 26.0 Å². The molecule has 0 spiro atoms. The van der Waals surface area contributed by atoms with Gasteiger partial charge in [0.2, 0.25) is 0 Å². The van der Waals surface area contributed by atoms with Gasteiger partial charge >= 0.3 is 0 Å². The van der Waals surface area contributed by atoms with E-state index in [1.165, 1.54) is 0 Å². The lowest BCUT2D eigenvalue weighted by molar-refractivity contribution is 0.413. The molecule has 0 amide bonds. The van der Waals surface area contributed by atoms with Crippen molar-refractivity contribution in [1.29, 1.82) is 0 Å². The summed E-state index contributed by atoms with van der Waals surface area (Å²) < 4.78 is 7.61. The van der Waals surface area contributed by atoms with Gasteiger partial charge in [-0.25, -0.2) is 4.98 Å². The minimum absolute atomic E-state index is 0.0474. The molecule has 1 aromatic heterocycles. The summed E-state index contributed by atoms with van der Waals surface area (Å²) in [5.74, 6) is 0.842. The highest BCUT2D eigenvalue weighted by Crippen LogP contribution is 2.33. The molecule has 2 rings (SSSR count). The molecule has 1 unspecified atom stereocenters. The van der Waals surface area contributed by atoms with Crippen molar-refractivity contribution in [1.82, 2.24) is 9.55 Å². The Kier molecular flexibility index (Phi) is 4.85. The second kappa shape index (κ2) is 6.63. The van der Waals surface area contributed by atoms with Crippen molar-refractivity contribution in [2.24, 2.45) is 5.73 Å². The van der Waals surface area contributed by atoms with Crippen molar-refractivity contribution in [3.05, 3.63) is 42.5 Å². The van der Waals surface area contributed by atoms with E-state index < -0.39 is 0 Å². The summed E-state index contributed by atoms with van der Waals surface area (Å²) >= 11 is 0. The SMILES string of the molecule is COc1ccccc1N(C)C(CN)c1cncn1C(C)C. The number of benzene rings is 1. The van der Waals surface area contributed by atoms with Gasteiger partial charge in [0, 0.05) is 19.6 Å². The number of para-hydroxylation sites is 2. The lowest BCUT2D eigenvalue weighted by Crippen LogP contribution is -2.32. The van der Waals surface area contributed by atoms with E-state index in [2.05, 4.69) is 28.3 Å². The van der Waals surface area contributed by atoms with E-state index in [0.29, 0.717) is 12.6 Å². The Bertz CT molecular complexity index is 579. The molecular formula is C16H24N4O. The number of ether oxygens (including phenoxy) is 1. The molecule has 0 radical (unpaired) electrons. The van der Waals surface area contributed by atoms with E-state index in [4.69, 9.17) is 10.5 Å². The standard InChI is InChI=1S/C16H24N4O/c1-12(2)20-11-18-10-15(20)14(9-17)19(3)13-7-5-6-8-16(13)21-4/h5-8,10-12,14H,9,17H2,1-4H3. The Hall–Kier alpha value is -2.01. The Labute approximate surface area is 126 Å². The minimum Gasteiger partial charge on any atom is -0.495 e. The fourth-order valence-corrected chi connectivity index (χ4v) is 2.57. The van der Waals surface area contributed by atoms with E-state index in [1.54, 1.807) is 7.11 Å². The number of aromatic nitrogens is 2. The van der Waals surface area contributed by atoms with Crippen LogP contribution in [-0.2, 0) is 0 Å². The van der Waals surface area contributed by atoms with E-state index in [1.807, 2.05) is 43.8 Å². The zero-order valence-electron chi connectivity index (χ0n) is 13.2.